The van der Waals surface area contributed by atoms with Crippen molar-refractivity contribution in [1.29, 1.82) is 0 Å². The third-order valence-corrected chi connectivity index (χ3v) is 4.91. The molecule has 0 bridgehead atoms. The van der Waals surface area contributed by atoms with Crippen molar-refractivity contribution in [3.8, 4) is 5.75 Å². The molecule has 2 nitrogen and oxygen atoms in total. The lowest BCUT2D eigenvalue weighted by atomic mass is 9.74. The molecule has 2 aromatic carbocycles. The zero-order valence-corrected chi connectivity index (χ0v) is 14.9. The normalized spacial score (nSPS) is 15.1. The number of aliphatic hydroxyl groups is 1. The molecule has 0 amide bonds. The Morgan fingerprint density at radius 3 is 2.09 bits per heavy atom. The molecular weight excluding hydrogens is 340 g/mol. The topological polar surface area (TPSA) is 29.5 Å². The van der Waals surface area contributed by atoms with Gasteiger partial charge in [-0.3, -0.25) is 0 Å². The number of methoxy groups -OCH3 is 1. The highest BCUT2D eigenvalue weighted by molar-refractivity contribution is 9.10. The number of rotatable bonds is 6. The van der Waals surface area contributed by atoms with Crippen molar-refractivity contribution in [1.82, 2.24) is 0 Å². The molecule has 0 aliphatic carbocycles. The summed E-state index contributed by atoms with van der Waals surface area (Å²) in [7, 11) is 1.65. The summed E-state index contributed by atoms with van der Waals surface area (Å²) in [5, 5.41) is 11.4. The fourth-order valence-electron chi connectivity index (χ4n) is 3.08. The van der Waals surface area contributed by atoms with E-state index in [1.54, 1.807) is 7.11 Å². The minimum absolute atomic E-state index is 0.0546. The SMILES string of the molecule is CC[C@@H](c1ccc(Br)cc1)[C@](O)(CC)c1ccc(OC)cc1. The van der Waals surface area contributed by atoms with Crippen LogP contribution in [0.25, 0.3) is 0 Å². The van der Waals surface area contributed by atoms with Gasteiger partial charge in [-0.1, -0.05) is 54.0 Å². The van der Waals surface area contributed by atoms with Crippen molar-refractivity contribution in [2.45, 2.75) is 38.2 Å². The highest BCUT2D eigenvalue weighted by Crippen LogP contribution is 2.42. The van der Waals surface area contributed by atoms with Crippen molar-refractivity contribution in [3.05, 3.63) is 64.1 Å². The van der Waals surface area contributed by atoms with Gasteiger partial charge in [0.15, 0.2) is 0 Å². The molecule has 0 aliphatic rings. The largest absolute Gasteiger partial charge is 0.497 e. The summed E-state index contributed by atoms with van der Waals surface area (Å²) in [6.07, 6.45) is 1.53. The zero-order chi connectivity index (χ0) is 16.2. The van der Waals surface area contributed by atoms with Crippen LogP contribution in [0.2, 0.25) is 0 Å². The monoisotopic (exact) mass is 362 g/mol. The van der Waals surface area contributed by atoms with Crippen LogP contribution in [0.4, 0.5) is 0 Å². The second-order valence-electron chi connectivity index (χ2n) is 5.52. The van der Waals surface area contributed by atoms with Crippen molar-refractivity contribution < 1.29 is 9.84 Å². The Hall–Kier alpha value is -1.32. The maximum atomic E-state index is 11.4. The van der Waals surface area contributed by atoms with E-state index in [1.807, 2.05) is 43.3 Å². The molecule has 0 saturated carbocycles. The molecule has 0 radical (unpaired) electrons. The van der Waals surface area contributed by atoms with E-state index in [1.165, 1.54) is 0 Å². The second kappa shape index (κ2) is 7.30. The molecule has 0 heterocycles. The van der Waals surface area contributed by atoms with Crippen LogP contribution >= 0.6 is 15.9 Å². The van der Waals surface area contributed by atoms with Gasteiger partial charge in [-0.15, -0.1) is 0 Å². The van der Waals surface area contributed by atoms with Gasteiger partial charge in [-0.2, -0.15) is 0 Å². The summed E-state index contributed by atoms with van der Waals surface area (Å²) in [4.78, 5) is 0. The van der Waals surface area contributed by atoms with Crippen molar-refractivity contribution in [3.63, 3.8) is 0 Å². The number of benzene rings is 2. The Morgan fingerprint density at radius 1 is 1.05 bits per heavy atom. The molecule has 3 heteroatoms. The van der Waals surface area contributed by atoms with Crippen LogP contribution in [0.1, 0.15) is 43.7 Å². The van der Waals surface area contributed by atoms with E-state index in [0.29, 0.717) is 6.42 Å². The molecule has 0 fully saturated rings. The lowest BCUT2D eigenvalue weighted by Gasteiger charge is -2.36. The molecular formula is C19H23BrO2. The molecule has 2 atom stereocenters. The van der Waals surface area contributed by atoms with E-state index >= 15 is 0 Å². The summed E-state index contributed by atoms with van der Waals surface area (Å²) < 4.78 is 6.26. The van der Waals surface area contributed by atoms with Crippen molar-refractivity contribution >= 4 is 15.9 Å². The molecule has 1 N–H and O–H groups in total. The maximum Gasteiger partial charge on any atom is 0.118 e. The molecule has 2 aromatic rings. The predicted molar refractivity (Wildman–Crippen MR) is 94.4 cm³/mol. The average molecular weight is 363 g/mol. The van der Waals surface area contributed by atoms with Crippen molar-refractivity contribution in [2.24, 2.45) is 0 Å². The first-order valence-corrected chi connectivity index (χ1v) is 8.46. The van der Waals surface area contributed by atoms with Gasteiger partial charge in [0.1, 0.15) is 5.75 Å². The standard InChI is InChI=1S/C19H23BrO2/c1-4-18(14-6-10-16(20)11-7-14)19(21,5-2)15-8-12-17(22-3)13-9-15/h6-13,18,21H,4-5H2,1-3H3/t18-,19-/m0/s1. The van der Waals surface area contributed by atoms with Crippen molar-refractivity contribution in [2.75, 3.05) is 7.11 Å². The third kappa shape index (κ3) is 3.36. The summed E-state index contributed by atoms with van der Waals surface area (Å²) in [5.74, 6) is 0.859. The zero-order valence-electron chi connectivity index (χ0n) is 13.3. The van der Waals surface area contributed by atoms with E-state index in [2.05, 4.69) is 35.0 Å². The quantitative estimate of drug-likeness (QED) is 0.760. The minimum Gasteiger partial charge on any atom is -0.497 e. The predicted octanol–water partition coefficient (Wildman–Crippen LogP) is 5.25. The number of halogens is 1. The summed E-state index contributed by atoms with van der Waals surface area (Å²) >= 11 is 3.47. The average Bonchev–Trinajstić information content (AvgIpc) is 2.57. The first-order chi connectivity index (χ1) is 10.5. The van der Waals surface area contributed by atoms with E-state index in [9.17, 15) is 5.11 Å². The van der Waals surface area contributed by atoms with Crippen LogP contribution in [0.5, 0.6) is 5.75 Å². The van der Waals surface area contributed by atoms with E-state index in [-0.39, 0.29) is 5.92 Å². The maximum absolute atomic E-state index is 11.4. The minimum atomic E-state index is -0.880. The molecule has 118 valence electrons. The molecule has 0 spiro atoms. The Kier molecular flexibility index (Phi) is 5.65. The van der Waals surface area contributed by atoms with Gasteiger partial charge in [0.25, 0.3) is 0 Å². The van der Waals surface area contributed by atoms with E-state index in [4.69, 9.17) is 4.74 Å². The molecule has 0 aliphatic heterocycles. The molecule has 2 rings (SSSR count). The molecule has 0 aromatic heterocycles. The Morgan fingerprint density at radius 2 is 1.64 bits per heavy atom. The number of hydrogen-bond acceptors (Lipinski definition) is 2. The summed E-state index contributed by atoms with van der Waals surface area (Å²) in [5.41, 5.74) is 1.21. The number of hydrogen-bond donors (Lipinski definition) is 1. The van der Waals surface area contributed by atoms with E-state index < -0.39 is 5.60 Å². The van der Waals surface area contributed by atoms with Gasteiger partial charge in [-0.25, -0.2) is 0 Å². The molecule has 0 unspecified atom stereocenters. The fraction of sp³-hybridized carbons (Fsp3) is 0.368. The fourth-order valence-corrected chi connectivity index (χ4v) is 3.34. The molecule has 0 saturated heterocycles. The van der Waals surface area contributed by atoms with Gasteiger partial charge in [0, 0.05) is 10.4 Å². The van der Waals surface area contributed by atoms with Gasteiger partial charge in [0.2, 0.25) is 0 Å². The van der Waals surface area contributed by atoms with Gasteiger partial charge in [-0.05, 0) is 48.2 Å². The van der Waals surface area contributed by atoms with Gasteiger partial charge < -0.3 is 9.84 Å². The van der Waals surface area contributed by atoms with Crippen LogP contribution in [0.15, 0.2) is 53.0 Å². The smallest absolute Gasteiger partial charge is 0.118 e. The highest BCUT2D eigenvalue weighted by atomic mass is 79.9. The van der Waals surface area contributed by atoms with Gasteiger partial charge in [0.05, 0.1) is 12.7 Å². The van der Waals surface area contributed by atoms with Crippen LogP contribution in [-0.2, 0) is 5.60 Å². The summed E-state index contributed by atoms with van der Waals surface area (Å²) in [6, 6.07) is 16.0. The Labute approximate surface area is 141 Å². The highest BCUT2D eigenvalue weighted by Gasteiger charge is 2.36. The lowest BCUT2D eigenvalue weighted by Crippen LogP contribution is -2.32. The third-order valence-electron chi connectivity index (χ3n) is 4.39. The van der Waals surface area contributed by atoms with Crippen LogP contribution in [0.3, 0.4) is 0 Å². The first-order valence-electron chi connectivity index (χ1n) is 7.67. The number of ether oxygens (including phenoxy) is 1. The van der Waals surface area contributed by atoms with E-state index in [0.717, 1.165) is 27.8 Å². The van der Waals surface area contributed by atoms with Gasteiger partial charge >= 0.3 is 0 Å². The van der Waals surface area contributed by atoms with Crippen LogP contribution in [-0.4, -0.2) is 12.2 Å². The van der Waals surface area contributed by atoms with Crippen LogP contribution < -0.4 is 4.74 Å². The molecule has 22 heavy (non-hydrogen) atoms. The Balaban J connectivity index is 2.42. The lowest BCUT2D eigenvalue weighted by molar-refractivity contribution is 0.00144. The Bertz CT molecular complexity index is 592. The first kappa shape index (κ1) is 17.0. The second-order valence-corrected chi connectivity index (χ2v) is 6.43. The summed E-state index contributed by atoms with van der Waals surface area (Å²) in [6.45, 7) is 4.16. The van der Waals surface area contributed by atoms with Crippen LogP contribution in [0, 0.1) is 0 Å².